The van der Waals surface area contributed by atoms with Gasteiger partial charge in [-0.3, -0.25) is 0 Å². The number of hydrogen-bond donors (Lipinski definition) is 1. The third-order valence-electron chi connectivity index (χ3n) is 9.25. The van der Waals surface area contributed by atoms with Gasteiger partial charge in [0.25, 0.3) is 0 Å². The molecule has 3 aromatic rings. The molecule has 0 aliphatic carbocycles. The second kappa shape index (κ2) is 11.2. The van der Waals surface area contributed by atoms with Gasteiger partial charge in [0.15, 0.2) is 0 Å². The van der Waals surface area contributed by atoms with Crippen LogP contribution < -0.4 is 0 Å². The molecule has 0 amide bonds. The van der Waals surface area contributed by atoms with E-state index in [1.54, 1.807) is 0 Å². The van der Waals surface area contributed by atoms with Crippen molar-refractivity contribution in [3.05, 3.63) is 105 Å². The average molecular weight is 597 g/mol. The van der Waals surface area contributed by atoms with E-state index < -0.39 is 5.60 Å². The van der Waals surface area contributed by atoms with Crippen LogP contribution in [0, 0.1) is 0 Å². The molecule has 3 aromatic carbocycles. The Hall–Kier alpha value is -2.38. The van der Waals surface area contributed by atoms with E-state index in [-0.39, 0.29) is 32.5 Å². The Balaban J connectivity index is 2.68. The van der Waals surface area contributed by atoms with Gasteiger partial charge in [-0.1, -0.05) is 179 Å². The molecule has 1 N–H and O–H groups in total. The maximum absolute atomic E-state index is 13.8. The monoisotopic (exact) mass is 596 g/mol. The van der Waals surface area contributed by atoms with E-state index in [0.717, 1.165) is 16.7 Å². The van der Waals surface area contributed by atoms with E-state index in [0.29, 0.717) is 0 Å². The molecule has 0 atom stereocenters. The zero-order valence-corrected chi connectivity index (χ0v) is 31.6. The van der Waals surface area contributed by atoms with Crippen molar-refractivity contribution < 1.29 is 5.11 Å². The van der Waals surface area contributed by atoms with Crippen molar-refractivity contribution in [1.82, 2.24) is 0 Å². The number of benzene rings is 3. The van der Waals surface area contributed by atoms with Gasteiger partial charge in [0, 0.05) is 0 Å². The van der Waals surface area contributed by atoms with Crippen LogP contribution in [-0.4, -0.2) is 5.11 Å². The summed E-state index contributed by atoms with van der Waals surface area (Å²) in [5.41, 5.74) is 8.41. The third kappa shape index (κ3) is 7.70. The summed E-state index contributed by atoms with van der Waals surface area (Å²) in [5, 5.41) is 13.8. The molecule has 0 aliphatic rings. The minimum atomic E-state index is -1.37. The molecule has 0 fully saturated rings. The highest BCUT2D eigenvalue weighted by molar-refractivity contribution is 5.55. The summed E-state index contributed by atoms with van der Waals surface area (Å²) in [6.07, 6.45) is 0. The van der Waals surface area contributed by atoms with Crippen LogP contribution in [0.3, 0.4) is 0 Å². The largest absolute Gasteiger partial charge is 0.376 e. The predicted octanol–water partition coefficient (Wildman–Crippen LogP) is 11.8. The second-order valence-corrected chi connectivity index (χ2v) is 19.6. The van der Waals surface area contributed by atoms with Gasteiger partial charge in [-0.25, -0.2) is 0 Å². The first-order valence-electron chi connectivity index (χ1n) is 16.7. The minimum Gasteiger partial charge on any atom is -0.376 e. The Morgan fingerprint density at radius 2 is 0.364 bits per heavy atom. The van der Waals surface area contributed by atoms with Crippen LogP contribution in [0.1, 0.15) is 175 Å². The minimum absolute atomic E-state index is 0.0788. The van der Waals surface area contributed by atoms with Gasteiger partial charge >= 0.3 is 0 Å². The molecule has 0 saturated heterocycles. The lowest BCUT2D eigenvalue weighted by molar-refractivity contribution is 0.124. The lowest BCUT2D eigenvalue weighted by Gasteiger charge is -2.37. The van der Waals surface area contributed by atoms with Crippen LogP contribution in [0.2, 0.25) is 0 Å². The van der Waals surface area contributed by atoms with E-state index in [1.165, 1.54) is 33.4 Å². The maximum atomic E-state index is 13.8. The van der Waals surface area contributed by atoms with Crippen molar-refractivity contribution in [3.8, 4) is 0 Å². The summed E-state index contributed by atoms with van der Waals surface area (Å²) in [5.74, 6) is 0. The van der Waals surface area contributed by atoms with Gasteiger partial charge < -0.3 is 5.11 Å². The fourth-order valence-corrected chi connectivity index (χ4v) is 5.61. The van der Waals surface area contributed by atoms with Crippen LogP contribution in [0.4, 0.5) is 0 Å². The fourth-order valence-electron chi connectivity index (χ4n) is 5.61. The van der Waals surface area contributed by atoms with Crippen LogP contribution in [0.15, 0.2) is 54.6 Å². The van der Waals surface area contributed by atoms with E-state index in [1.807, 2.05) is 0 Å². The molecular weight excluding hydrogens is 532 g/mol. The summed E-state index contributed by atoms with van der Waals surface area (Å²) in [7, 11) is 0. The van der Waals surface area contributed by atoms with E-state index in [2.05, 4.69) is 179 Å². The van der Waals surface area contributed by atoms with Crippen molar-refractivity contribution in [2.75, 3.05) is 0 Å². The molecule has 0 spiro atoms. The number of hydrogen-bond acceptors (Lipinski definition) is 1. The first-order chi connectivity index (χ1) is 19.4. The molecule has 242 valence electrons. The second-order valence-electron chi connectivity index (χ2n) is 19.6. The highest BCUT2D eigenvalue weighted by Gasteiger charge is 2.39. The summed E-state index contributed by atoms with van der Waals surface area (Å²) in [4.78, 5) is 0. The zero-order valence-electron chi connectivity index (χ0n) is 31.6. The Morgan fingerprint density at radius 1 is 0.250 bits per heavy atom. The lowest BCUT2D eigenvalue weighted by Crippen LogP contribution is -2.33. The van der Waals surface area contributed by atoms with Crippen LogP contribution >= 0.6 is 0 Å². The molecule has 44 heavy (non-hydrogen) atoms. The quantitative estimate of drug-likeness (QED) is 0.298. The molecule has 3 rings (SSSR count). The lowest BCUT2D eigenvalue weighted by atomic mass is 9.70. The molecule has 0 radical (unpaired) electrons. The van der Waals surface area contributed by atoms with Crippen molar-refractivity contribution in [3.63, 3.8) is 0 Å². The molecule has 1 heteroatoms. The van der Waals surface area contributed by atoms with Crippen LogP contribution in [0.25, 0.3) is 0 Å². The normalized spacial score (nSPS) is 14.2. The highest BCUT2D eigenvalue weighted by atomic mass is 16.3. The average Bonchev–Trinajstić information content (AvgIpc) is 2.84. The van der Waals surface area contributed by atoms with Gasteiger partial charge in [-0.15, -0.1) is 0 Å². The van der Waals surface area contributed by atoms with Crippen molar-refractivity contribution in [2.45, 2.75) is 163 Å². The standard InChI is InChI=1S/C43H64O/c1-37(2,3)28-19-29(38(4,5)6)23-34(22-28)43(44,35-24-30(39(7,8)9)20-31(25-35)40(10,11)12)36-26-32(41(13,14)15)21-33(27-36)42(16,17)18/h19-27,44H,1-18H3. The number of rotatable bonds is 3. The number of aliphatic hydroxyl groups is 1. The SMILES string of the molecule is CC(C)(C)c1cc(C(C)(C)C)cc(C(O)(c2cc(C(C)(C)C)cc(C(C)(C)C)c2)c2cc(C(C)(C)C)cc(C(C)(C)C)c2)c1. The summed E-state index contributed by atoms with van der Waals surface area (Å²) >= 11 is 0. The van der Waals surface area contributed by atoms with Gasteiger partial charge in [0.1, 0.15) is 5.60 Å². The highest BCUT2D eigenvalue weighted by Crippen LogP contribution is 2.45. The molecular formula is C43H64O. The zero-order chi connectivity index (χ0) is 34.1. The first-order valence-corrected chi connectivity index (χ1v) is 16.7. The predicted molar refractivity (Wildman–Crippen MR) is 194 cm³/mol. The maximum Gasteiger partial charge on any atom is 0.140 e. The topological polar surface area (TPSA) is 20.2 Å². The van der Waals surface area contributed by atoms with Crippen LogP contribution in [-0.2, 0) is 38.1 Å². The summed E-state index contributed by atoms with van der Waals surface area (Å²) in [6.45, 7) is 40.9. The summed E-state index contributed by atoms with van der Waals surface area (Å²) < 4.78 is 0. The van der Waals surface area contributed by atoms with E-state index >= 15 is 0 Å². The molecule has 0 unspecified atom stereocenters. The van der Waals surface area contributed by atoms with Gasteiger partial charge in [0.2, 0.25) is 0 Å². The third-order valence-corrected chi connectivity index (χ3v) is 9.25. The van der Waals surface area contributed by atoms with Crippen molar-refractivity contribution in [1.29, 1.82) is 0 Å². The molecule has 0 aromatic heterocycles. The van der Waals surface area contributed by atoms with Gasteiger partial charge in [-0.05, 0) is 82.6 Å². The molecule has 0 bridgehead atoms. The van der Waals surface area contributed by atoms with Crippen molar-refractivity contribution in [2.24, 2.45) is 0 Å². The Morgan fingerprint density at radius 3 is 0.477 bits per heavy atom. The Labute approximate surface area is 271 Å². The van der Waals surface area contributed by atoms with E-state index in [4.69, 9.17) is 0 Å². The van der Waals surface area contributed by atoms with E-state index in [9.17, 15) is 5.11 Å². The molecule has 0 saturated carbocycles. The molecule has 0 aliphatic heterocycles. The van der Waals surface area contributed by atoms with Crippen LogP contribution in [0.5, 0.6) is 0 Å². The fraction of sp³-hybridized carbons (Fsp3) is 0.581. The molecule has 0 heterocycles. The van der Waals surface area contributed by atoms with Gasteiger partial charge in [0.05, 0.1) is 0 Å². The van der Waals surface area contributed by atoms with Crippen molar-refractivity contribution >= 4 is 0 Å². The molecule has 1 nitrogen and oxygen atoms in total. The smallest absolute Gasteiger partial charge is 0.140 e. The Kier molecular flexibility index (Phi) is 9.15. The van der Waals surface area contributed by atoms with Gasteiger partial charge in [-0.2, -0.15) is 0 Å². The first kappa shape index (κ1) is 36.1. The Bertz CT molecular complexity index is 1210. The summed E-state index contributed by atoms with van der Waals surface area (Å²) in [6, 6.07) is 20.7.